The van der Waals surface area contributed by atoms with Crippen molar-refractivity contribution in [1.82, 2.24) is 0 Å². The number of rotatable bonds is 4. The third-order valence-electron chi connectivity index (χ3n) is 2.85. The monoisotopic (exact) mass is 330 g/mol. The first-order valence-electron chi connectivity index (χ1n) is 5.58. The number of thiocarbonyl (C=S) groups is 1. The van der Waals surface area contributed by atoms with Crippen LogP contribution in [0.25, 0.3) is 0 Å². The molecule has 1 saturated heterocycles. The lowest BCUT2D eigenvalue weighted by Gasteiger charge is -2.14. The van der Waals surface area contributed by atoms with Crippen LogP contribution in [-0.4, -0.2) is 23.0 Å². The molecule has 0 bridgehead atoms. The van der Waals surface area contributed by atoms with Crippen LogP contribution in [0.1, 0.15) is 12.0 Å². The fourth-order valence-corrected chi connectivity index (χ4v) is 3.70. The number of thioether (sulfide) groups is 1. The summed E-state index contributed by atoms with van der Waals surface area (Å²) in [4.78, 5) is 0.445. The van der Waals surface area contributed by atoms with Gasteiger partial charge in [-0.05, 0) is 42.0 Å². The highest BCUT2D eigenvalue weighted by atomic mass is 79.9. The molecule has 1 unspecified atom stereocenters. The molecule has 5 heteroatoms. The smallest absolute Gasteiger partial charge is 0.106 e. The predicted octanol–water partition coefficient (Wildman–Crippen LogP) is 3.25. The Balaban J connectivity index is 2.07. The first-order valence-corrected chi connectivity index (χ1v) is 7.93. The van der Waals surface area contributed by atoms with Crippen LogP contribution in [0.15, 0.2) is 22.7 Å². The molecule has 1 atom stereocenters. The number of halogens is 1. The Kier molecular flexibility index (Phi) is 4.70. The lowest BCUT2D eigenvalue weighted by Crippen LogP contribution is -2.17. The fourth-order valence-electron chi connectivity index (χ4n) is 1.88. The normalized spacial score (nSPS) is 19.2. The number of nitrogens with one attached hydrogen (secondary N) is 1. The number of nitrogens with two attached hydrogens (primary N) is 1. The van der Waals surface area contributed by atoms with E-state index in [1.54, 1.807) is 0 Å². The van der Waals surface area contributed by atoms with Crippen LogP contribution in [0.3, 0.4) is 0 Å². The van der Waals surface area contributed by atoms with Crippen LogP contribution in [0.4, 0.5) is 5.69 Å². The molecule has 2 nitrogen and oxygen atoms in total. The maximum Gasteiger partial charge on any atom is 0.106 e. The Hall–Kier alpha value is -0.260. The van der Waals surface area contributed by atoms with Gasteiger partial charge in [0.05, 0.1) is 0 Å². The molecule has 1 aliphatic rings. The first-order chi connectivity index (χ1) is 8.16. The van der Waals surface area contributed by atoms with Crippen LogP contribution in [0.2, 0.25) is 0 Å². The summed E-state index contributed by atoms with van der Waals surface area (Å²) in [5.41, 5.74) is 7.68. The largest absolute Gasteiger partial charge is 0.389 e. The fraction of sp³-hybridized carbons (Fsp3) is 0.417. The van der Waals surface area contributed by atoms with Crippen LogP contribution in [-0.2, 0) is 0 Å². The predicted molar refractivity (Wildman–Crippen MR) is 84.0 cm³/mol. The molecule has 1 aromatic carbocycles. The Labute approximate surface area is 120 Å². The average molecular weight is 331 g/mol. The standard InChI is InChI=1S/C12H15BrN2S2/c13-9-1-2-10(12(14)16)11(5-9)15-6-8-3-4-17-7-8/h1-2,5,8,15H,3-4,6-7H2,(H2,14,16). The van der Waals surface area contributed by atoms with Gasteiger partial charge < -0.3 is 11.1 Å². The summed E-state index contributed by atoms with van der Waals surface area (Å²) in [5, 5.41) is 3.47. The number of hydrogen-bond acceptors (Lipinski definition) is 3. The maximum atomic E-state index is 5.72. The lowest BCUT2D eigenvalue weighted by molar-refractivity contribution is 0.632. The van der Waals surface area contributed by atoms with Gasteiger partial charge in [0.25, 0.3) is 0 Å². The maximum absolute atomic E-state index is 5.72. The molecule has 0 spiro atoms. The molecule has 1 aromatic rings. The summed E-state index contributed by atoms with van der Waals surface area (Å²) in [6.07, 6.45) is 1.30. The second kappa shape index (κ2) is 6.07. The molecule has 92 valence electrons. The van der Waals surface area contributed by atoms with Crippen LogP contribution in [0, 0.1) is 5.92 Å². The van der Waals surface area contributed by atoms with E-state index in [2.05, 4.69) is 21.2 Å². The van der Waals surface area contributed by atoms with E-state index in [9.17, 15) is 0 Å². The summed E-state index contributed by atoms with van der Waals surface area (Å²) < 4.78 is 1.04. The summed E-state index contributed by atoms with van der Waals surface area (Å²) in [7, 11) is 0. The van der Waals surface area contributed by atoms with E-state index >= 15 is 0 Å². The molecule has 1 aliphatic heterocycles. The van der Waals surface area contributed by atoms with Crippen molar-refractivity contribution < 1.29 is 0 Å². The Morgan fingerprint density at radius 2 is 2.41 bits per heavy atom. The van der Waals surface area contributed by atoms with Crippen molar-refractivity contribution in [3.63, 3.8) is 0 Å². The molecule has 17 heavy (non-hydrogen) atoms. The zero-order valence-electron chi connectivity index (χ0n) is 9.41. The van der Waals surface area contributed by atoms with Gasteiger partial charge in [0.1, 0.15) is 4.99 Å². The van der Waals surface area contributed by atoms with Crippen molar-refractivity contribution in [2.45, 2.75) is 6.42 Å². The van der Waals surface area contributed by atoms with Gasteiger partial charge in [-0.1, -0.05) is 28.1 Å². The molecule has 0 radical (unpaired) electrons. The van der Waals surface area contributed by atoms with Crippen molar-refractivity contribution in [1.29, 1.82) is 0 Å². The molecule has 0 amide bonds. The Bertz CT molecular complexity index is 417. The Morgan fingerprint density at radius 3 is 3.06 bits per heavy atom. The molecular formula is C12H15BrN2S2. The van der Waals surface area contributed by atoms with Gasteiger partial charge in [-0.2, -0.15) is 11.8 Å². The van der Waals surface area contributed by atoms with E-state index in [1.807, 2.05) is 30.0 Å². The zero-order valence-corrected chi connectivity index (χ0v) is 12.6. The van der Waals surface area contributed by atoms with Crippen molar-refractivity contribution in [2.75, 3.05) is 23.4 Å². The number of hydrogen-bond donors (Lipinski definition) is 2. The molecule has 3 N–H and O–H groups in total. The second-order valence-electron chi connectivity index (χ2n) is 4.16. The number of anilines is 1. The molecule has 1 fully saturated rings. The second-order valence-corrected chi connectivity index (χ2v) is 6.67. The first kappa shape index (κ1) is 13.2. The Morgan fingerprint density at radius 1 is 1.59 bits per heavy atom. The minimum Gasteiger partial charge on any atom is -0.389 e. The summed E-state index contributed by atoms with van der Waals surface area (Å²) in [5.74, 6) is 3.30. The molecule has 2 rings (SSSR count). The van der Waals surface area contributed by atoms with E-state index in [0.717, 1.165) is 28.2 Å². The van der Waals surface area contributed by atoms with E-state index in [1.165, 1.54) is 17.9 Å². The zero-order chi connectivity index (χ0) is 12.3. The molecule has 1 heterocycles. The van der Waals surface area contributed by atoms with E-state index in [4.69, 9.17) is 18.0 Å². The van der Waals surface area contributed by atoms with Gasteiger partial charge >= 0.3 is 0 Å². The van der Waals surface area contributed by atoms with Crippen LogP contribution in [0.5, 0.6) is 0 Å². The van der Waals surface area contributed by atoms with E-state index < -0.39 is 0 Å². The van der Waals surface area contributed by atoms with Gasteiger partial charge in [0, 0.05) is 22.3 Å². The van der Waals surface area contributed by atoms with Gasteiger partial charge in [-0.3, -0.25) is 0 Å². The van der Waals surface area contributed by atoms with E-state index in [-0.39, 0.29) is 0 Å². The van der Waals surface area contributed by atoms with Crippen molar-refractivity contribution in [2.24, 2.45) is 11.7 Å². The van der Waals surface area contributed by atoms with Crippen LogP contribution < -0.4 is 11.1 Å². The molecule has 0 aromatic heterocycles. The SMILES string of the molecule is NC(=S)c1ccc(Br)cc1NCC1CCSC1. The van der Waals surface area contributed by atoms with Crippen molar-refractivity contribution in [3.8, 4) is 0 Å². The van der Waals surface area contributed by atoms with Crippen molar-refractivity contribution in [3.05, 3.63) is 28.2 Å². The highest BCUT2D eigenvalue weighted by Gasteiger charge is 2.15. The van der Waals surface area contributed by atoms with Gasteiger partial charge in [0.2, 0.25) is 0 Å². The number of benzene rings is 1. The molecular weight excluding hydrogens is 316 g/mol. The summed E-state index contributed by atoms with van der Waals surface area (Å²) in [6.45, 7) is 0.999. The van der Waals surface area contributed by atoms with Gasteiger partial charge in [-0.25, -0.2) is 0 Å². The average Bonchev–Trinajstić information content (AvgIpc) is 2.78. The minimum atomic E-state index is 0.445. The van der Waals surface area contributed by atoms with Crippen molar-refractivity contribution >= 4 is 50.6 Å². The summed E-state index contributed by atoms with van der Waals surface area (Å²) >= 11 is 10.6. The minimum absolute atomic E-state index is 0.445. The van der Waals surface area contributed by atoms with Gasteiger partial charge in [0.15, 0.2) is 0 Å². The molecule has 0 aliphatic carbocycles. The topological polar surface area (TPSA) is 38.0 Å². The molecule has 0 saturated carbocycles. The third kappa shape index (κ3) is 3.60. The quantitative estimate of drug-likeness (QED) is 0.831. The summed E-state index contributed by atoms with van der Waals surface area (Å²) in [6, 6.07) is 5.96. The van der Waals surface area contributed by atoms with Crippen LogP contribution >= 0.6 is 39.9 Å². The highest BCUT2D eigenvalue weighted by Crippen LogP contribution is 2.26. The lowest BCUT2D eigenvalue weighted by atomic mass is 10.1. The van der Waals surface area contributed by atoms with Gasteiger partial charge in [-0.15, -0.1) is 0 Å². The van der Waals surface area contributed by atoms with E-state index in [0.29, 0.717) is 4.99 Å². The highest BCUT2D eigenvalue weighted by molar-refractivity contribution is 9.10. The third-order valence-corrected chi connectivity index (χ3v) is 4.80.